The Morgan fingerprint density at radius 2 is 1.31 bits per heavy atom. The zero-order chi connectivity index (χ0) is 19.5. The first kappa shape index (κ1) is 25.6. The van der Waals surface area contributed by atoms with Crippen molar-refractivity contribution >= 4 is 14.2 Å². The first-order valence-electron chi connectivity index (χ1n) is 10.3. The molecule has 0 spiro atoms. The summed E-state index contributed by atoms with van der Waals surface area (Å²) in [4.78, 5) is 20.0. The van der Waals surface area contributed by atoms with E-state index in [1.54, 1.807) is 0 Å². The molecule has 0 aromatic carbocycles. The number of hydrogen-bond acceptors (Lipinski definition) is 5. The number of carbonyl (C=O) groups is 1. The van der Waals surface area contributed by atoms with E-state index in [2.05, 4.69) is 11.4 Å². The van der Waals surface area contributed by atoms with Crippen LogP contribution < -0.4 is 0 Å². The largest absolute Gasteiger partial charge is 0.463 e. The van der Waals surface area contributed by atoms with Crippen molar-refractivity contribution < 1.29 is 28.6 Å². The van der Waals surface area contributed by atoms with E-state index in [1.165, 1.54) is 64.2 Å². The van der Waals surface area contributed by atoms with Crippen LogP contribution in [0.25, 0.3) is 0 Å². The Kier molecular flexibility index (Phi) is 19.0. The van der Waals surface area contributed by atoms with Gasteiger partial charge in [0.1, 0.15) is 12.7 Å². The van der Waals surface area contributed by atoms with Gasteiger partial charge in [-0.05, 0) is 6.42 Å². The summed E-state index contributed by atoms with van der Waals surface area (Å²) in [5, 5.41) is 9.40. The summed E-state index contributed by atoms with van der Waals surface area (Å²) in [5.74, 6) is -0.344. The topological polar surface area (TPSA) is 93.1 Å². The normalized spacial score (nSPS) is 13.5. The van der Waals surface area contributed by atoms with Crippen molar-refractivity contribution in [2.75, 3.05) is 13.2 Å². The van der Waals surface area contributed by atoms with E-state index in [9.17, 15) is 14.5 Å². The van der Waals surface area contributed by atoms with E-state index in [0.29, 0.717) is 6.42 Å². The molecule has 0 saturated carbocycles. The van der Waals surface area contributed by atoms with Gasteiger partial charge in [0.2, 0.25) is 0 Å². The lowest BCUT2D eigenvalue weighted by molar-refractivity contribution is -0.147. The zero-order valence-corrected chi connectivity index (χ0v) is 17.4. The molecule has 0 heterocycles. The van der Waals surface area contributed by atoms with Crippen molar-refractivity contribution in [3.63, 3.8) is 0 Å². The summed E-state index contributed by atoms with van der Waals surface area (Å²) >= 11 is 0. The van der Waals surface area contributed by atoms with Gasteiger partial charge in [0, 0.05) is 6.42 Å². The molecule has 0 rings (SSSR count). The number of carbonyl (C=O) groups excluding carboxylic acids is 1. The van der Waals surface area contributed by atoms with Gasteiger partial charge in [-0.2, -0.15) is 0 Å². The molecule has 26 heavy (non-hydrogen) atoms. The van der Waals surface area contributed by atoms with Gasteiger partial charge in [-0.1, -0.05) is 84.0 Å². The van der Waals surface area contributed by atoms with Crippen LogP contribution in [0.15, 0.2) is 0 Å². The highest BCUT2D eigenvalue weighted by molar-refractivity contribution is 7.32. The summed E-state index contributed by atoms with van der Waals surface area (Å²) in [6.45, 7) is 1.74. The molecule has 0 aromatic rings. The fourth-order valence-corrected chi connectivity index (χ4v) is 3.10. The summed E-state index contributed by atoms with van der Waals surface area (Å²) in [7, 11) is -3.05. The van der Waals surface area contributed by atoms with Crippen LogP contribution in [-0.2, 0) is 18.6 Å². The minimum atomic E-state index is -3.05. The number of rotatable bonds is 19. The lowest BCUT2D eigenvalue weighted by Gasteiger charge is -2.10. The van der Waals surface area contributed by atoms with Crippen molar-refractivity contribution in [1.29, 1.82) is 0 Å². The maximum absolute atomic E-state index is 11.5. The monoisotopic (exact) mass is 394 g/mol. The smallest absolute Gasteiger partial charge is 0.316 e. The Morgan fingerprint density at radius 1 is 0.846 bits per heavy atom. The van der Waals surface area contributed by atoms with Crippen LogP contribution in [0.3, 0.4) is 0 Å². The third-order valence-electron chi connectivity index (χ3n) is 4.32. The first-order valence-corrected chi connectivity index (χ1v) is 11.5. The molecule has 156 valence electrons. The highest BCUT2D eigenvalue weighted by Gasteiger charge is 2.10. The van der Waals surface area contributed by atoms with Crippen LogP contribution in [-0.4, -0.2) is 35.3 Å². The van der Waals surface area contributed by atoms with Gasteiger partial charge in [0.15, 0.2) is 0 Å². The SMILES string of the molecule is CCCCCCCCCCCCCCCC(=O)OCC(O)CO[PH](=O)O. The first-order chi connectivity index (χ1) is 12.6. The van der Waals surface area contributed by atoms with Gasteiger partial charge in [0.25, 0.3) is 0 Å². The van der Waals surface area contributed by atoms with E-state index in [1.807, 2.05) is 0 Å². The van der Waals surface area contributed by atoms with Gasteiger partial charge in [0.05, 0.1) is 6.61 Å². The Labute approximate surface area is 159 Å². The molecule has 0 aliphatic carbocycles. The molecule has 2 N–H and O–H groups in total. The predicted molar refractivity (Wildman–Crippen MR) is 104 cm³/mol. The summed E-state index contributed by atoms with van der Waals surface area (Å²) in [6.07, 6.45) is 15.6. The number of hydrogen-bond donors (Lipinski definition) is 2. The summed E-state index contributed by atoms with van der Waals surface area (Å²) < 4.78 is 19.6. The van der Waals surface area contributed by atoms with Gasteiger partial charge >= 0.3 is 14.2 Å². The van der Waals surface area contributed by atoms with Crippen molar-refractivity contribution in [3.05, 3.63) is 0 Å². The molecule has 6 nitrogen and oxygen atoms in total. The Bertz CT molecular complexity index is 351. The van der Waals surface area contributed by atoms with E-state index < -0.39 is 14.4 Å². The molecule has 2 unspecified atom stereocenters. The highest BCUT2D eigenvalue weighted by Crippen LogP contribution is 2.15. The Morgan fingerprint density at radius 3 is 1.77 bits per heavy atom. The second-order valence-electron chi connectivity index (χ2n) is 6.91. The molecular formula is C19H39O6P. The van der Waals surface area contributed by atoms with Gasteiger partial charge in [-0.25, -0.2) is 0 Å². The molecular weight excluding hydrogens is 355 g/mol. The predicted octanol–water partition coefficient (Wildman–Crippen LogP) is 4.77. The number of aliphatic hydroxyl groups is 1. The van der Waals surface area contributed by atoms with E-state index in [0.717, 1.165) is 19.3 Å². The molecule has 0 saturated heterocycles. The lowest BCUT2D eigenvalue weighted by atomic mass is 10.0. The minimum Gasteiger partial charge on any atom is -0.463 e. The quantitative estimate of drug-likeness (QED) is 0.186. The van der Waals surface area contributed by atoms with Crippen LogP contribution >= 0.6 is 8.25 Å². The number of ether oxygens (including phenoxy) is 1. The molecule has 0 aliphatic heterocycles. The summed E-state index contributed by atoms with van der Waals surface area (Å²) in [6, 6.07) is 0. The van der Waals surface area contributed by atoms with Crippen molar-refractivity contribution in [2.45, 2.75) is 103 Å². The Balaban J connectivity index is 3.26. The third-order valence-corrected chi connectivity index (χ3v) is 4.73. The lowest BCUT2D eigenvalue weighted by Crippen LogP contribution is -2.22. The van der Waals surface area contributed by atoms with Crippen LogP contribution in [0.1, 0.15) is 96.8 Å². The maximum atomic E-state index is 11.5. The fourth-order valence-electron chi connectivity index (χ4n) is 2.76. The zero-order valence-electron chi connectivity index (χ0n) is 16.4. The van der Waals surface area contributed by atoms with Crippen LogP contribution in [0, 0.1) is 0 Å². The van der Waals surface area contributed by atoms with Gasteiger partial charge in [-0.15, -0.1) is 0 Å². The molecule has 2 atom stereocenters. The molecule has 0 amide bonds. The Hall–Kier alpha value is -0.420. The fraction of sp³-hybridized carbons (Fsp3) is 0.947. The van der Waals surface area contributed by atoms with Gasteiger partial charge in [-0.3, -0.25) is 9.36 Å². The average molecular weight is 394 g/mol. The molecule has 7 heteroatoms. The van der Waals surface area contributed by atoms with Crippen molar-refractivity contribution in [2.24, 2.45) is 0 Å². The van der Waals surface area contributed by atoms with E-state index in [4.69, 9.17) is 9.63 Å². The molecule has 0 bridgehead atoms. The molecule has 0 aliphatic rings. The second kappa shape index (κ2) is 19.3. The average Bonchev–Trinajstić information content (AvgIpc) is 2.62. The van der Waals surface area contributed by atoms with E-state index in [-0.39, 0.29) is 19.2 Å². The van der Waals surface area contributed by atoms with Crippen LogP contribution in [0.5, 0.6) is 0 Å². The molecule has 0 radical (unpaired) electrons. The highest BCUT2D eigenvalue weighted by atomic mass is 31.1. The number of unbranched alkanes of at least 4 members (excludes halogenated alkanes) is 12. The van der Waals surface area contributed by atoms with Crippen molar-refractivity contribution in [1.82, 2.24) is 0 Å². The third kappa shape index (κ3) is 19.9. The van der Waals surface area contributed by atoms with E-state index >= 15 is 0 Å². The number of aliphatic hydroxyl groups excluding tert-OH is 1. The van der Waals surface area contributed by atoms with Crippen molar-refractivity contribution in [3.8, 4) is 0 Å². The molecule has 0 aromatic heterocycles. The minimum absolute atomic E-state index is 0.202. The maximum Gasteiger partial charge on any atom is 0.316 e. The second-order valence-corrected chi connectivity index (χ2v) is 7.73. The van der Waals surface area contributed by atoms with Gasteiger partial charge < -0.3 is 19.3 Å². The summed E-state index contributed by atoms with van der Waals surface area (Å²) in [5.41, 5.74) is 0. The van der Waals surface area contributed by atoms with Crippen LogP contribution in [0.2, 0.25) is 0 Å². The van der Waals surface area contributed by atoms with Crippen LogP contribution in [0.4, 0.5) is 0 Å². The number of esters is 1. The standard InChI is InChI=1S/C19H39O6P/c1-2-3-4-5-6-7-8-9-10-11-12-13-14-15-19(21)24-16-18(20)17-25-26(22)23/h18,20,26H,2-17H2,1H3,(H,22,23). The molecule has 0 fully saturated rings.